The van der Waals surface area contributed by atoms with Crippen LogP contribution in [0, 0.1) is 11.6 Å². The number of benzene rings is 1. The molecule has 1 aliphatic rings. The number of ether oxygens (including phenoxy) is 1. The summed E-state index contributed by atoms with van der Waals surface area (Å²) < 4.78 is 32.4. The molecule has 28 heavy (non-hydrogen) atoms. The molecule has 1 saturated carbocycles. The van der Waals surface area contributed by atoms with Gasteiger partial charge >= 0.3 is 0 Å². The van der Waals surface area contributed by atoms with Crippen LogP contribution in [0.25, 0.3) is 0 Å². The van der Waals surface area contributed by atoms with Crippen molar-refractivity contribution in [1.82, 2.24) is 4.98 Å². The number of methoxy groups -OCH3 is 1. The van der Waals surface area contributed by atoms with E-state index in [9.17, 15) is 13.6 Å². The van der Waals surface area contributed by atoms with Crippen LogP contribution in [0.5, 0.6) is 0 Å². The Morgan fingerprint density at radius 2 is 1.93 bits per heavy atom. The van der Waals surface area contributed by atoms with Gasteiger partial charge in [-0.05, 0) is 71.4 Å². The average Bonchev–Trinajstić information content (AvgIpc) is 2.67. The van der Waals surface area contributed by atoms with E-state index >= 15 is 0 Å². The summed E-state index contributed by atoms with van der Waals surface area (Å²) in [4.78, 5) is 16.7. The second-order valence-electron chi connectivity index (χ2n) is 6.86. The molecule has 0 saturated heterocycles. The van der Waals surface area contributed by atoms with Gasteiger partial charge in [0.25, 0.3) is 0 Å². The zero-order valence-electron chi connectivity index (χ0n) is 15.5. The van der Waals surface area contributed by atoms with E-state index in [1.54, 1.807) is 13.2 Å². The van der Waals surface area contributed by atoms with Gasteiger partial charge in [-0.25, -0.2) is 13.8 Å². The molecule has 2 N–H and O–H groups in total. The predicted octanol–water partition coefficient (Wildman–Crippen LogP) is 4.67. The van der Waals surface area contributed by atoms with Crippen LogP contribution in [0.1, 0.15) is 31.2 Å². The van der Waals surface area contributed by atoms with E-state index < -0.39 is 11.6 Å². The molecule has 0 bridgehead atoms. The zero-order chi connectivity index (χ0) is 20.1. The molecule has 0 spiro atoms. The first-order valence-electron chi connectivity index (χ1n) is 9.14. The van der Waals surface area contributed by atoms with Gasteiger partial charge in [-0.15, -0.1) is 0 Å². The lowest BCUT2D eigenvalue weighted by Crippen LogP contribution is -2.29. The van der Waals surface area contributed by atoms with E-state index in [-0.39, 0.29) is 18.4 Å². The summed E-state index contributed by atoms with van der Waals surface area (Å²) in [6, 6.07) is 7.35. The summed E-state index contributed by atoms with van der Waals surface area (Å²) in [7, 11) is 1.73. The molecule has 0 atom stereocenters. The fraction of sp³-hybridized carbons (Fsp3) is 0.400. The maximum atomic E-state index is 13.3. The van der Waals surface area contributed by atoms with Crippen LogP contribution < -0.4 is 10.6 Å². The van der Waals surface area contributed by atoms with Crippen LogP contribution in [0.15, 0.2) is 34.9 Å². The maximum absolute atomic E-state index is 13.3. The maximum Gasteiger partial charge on any atom is 0.230 e. The van der Waals surface area contributed by atoms with E-state index in [0.717, 1.165) is 43.5 Å². The Labute approximate surface area is 171 Å². The largest absolute Gasteiger partial charge is 0.381 e. The minimum absolute atomic E-state index is 0.0796. The molecule has 0 unspecified atom stereocenters. The lowest BCUT2D eigenvalue weighted by molar-refractivity contribution is -0.115. The van der Waals surface area contributed by atoms with Gasteiger partial charge in [-0.1, -0.05) is 6.07 Å². The normalized spacial score (nSPS) is 19.3. The number of halogens is 3. The molecule has 1 amide bonds. The lowest BCUT2D eigenvalue weighted by Gasteiger charge is -2.29. The van der Waals surface area contributed by atoms with Crippen molar-refractivity contribution in [1.29, 1.82) is 0 Å². The molecular formula is C20H22BrF2N3O2. The standard InChI is InChI=1S/C20H22BrF2N3O2/c1-28-14-5-3-13(4-6-14)24-17-8-9-18(21)25-20(17)26-19(27)11-12-2-7-15(22)16(23)10-12/h2,7-10,13-14,24H,3-6,11H2,1H3,(H,25,26,27). The number of carbonyl (C=O) groups is 1. The number of anilines is 2. The number of pyridine rings is 1. The molecule has 1 aliphatic carbocycles. The van der Waals surface area contributed by atoms with Gasteiger partial charge in [0.15, 0.2) is 17.5 Å². The predicted molar refractivity (Wildman–Crippen MR) is 107 cm³/mol. The van der Waals surface area contributed by atoms with Crippen molar-refractivity contribution in [2.75, 3.05) is 17.7 Å². The summed E-state index contributed by atoms with van der Waals surface area (Å²) in [5.74, 6) is -1.87. The van der Waals surface area contributed by atoms with Crippen LogP contribution in [-0.4, -0.2) is 30.1 Å². The fourth-order valence-electron chi connectivity index (χ4n) is 3.32. The van der Waals surface area contributed by atoms with Crippen LogP contribution in [-0.2, 0) is 16.0 Å². The molecule has 150 valence electrons. The van der Waals surface area contributed by atoms with E-state index in [1.165, 1.54) is 6.07 Å². The highest BCUT2D eigenvalue weighted by Crippen LogP contribution is 2.28. The van der Waals surface area contributed by atoms with Gasteiger partial charge < -0.3 is 15.4 Å². The molecule has 1 aromatic carbocycles. The van der Waals surface area contributed by atoms with Gasteiger partial charge in [0.05, 0.1) is 18.2 Å². The number of rotatable bonds is 6. The third-order valence-corrected chi connectivity index (χ3v) is 5.28. The van der Waals surface area contributed by atoms with Crippen molar-refractivity contribution in [2.45, 2.75) is 44.2 Å². The molecule has 0 radical (unpaired) electrons. The van der Waals surface area contributed by atoms with Crippen molar-refractivity contribution in [3.05, 3.63) is 52.1 Å². The lowest BCUT2D eigenvalue weighted by atomic mass is 9.93. The number of hydrogen-bond acceptors (Lipinski definition) is 4. The van der Waals surface area contributed by atoms with Crippen molar-refractivity contribution in [3.8, 4) is 0 Å². The third kappa shape index (κ3) is 5.48. The summed E-state index contributed by atoms with van der Waals surface area (Å²) in [5.41, 5.74) is 1.11. The van der Waals surface area contributed by atoms with Crippen molar-refractivity contribution in [2.24, 2.45) is 0 Å². The van der Waals surface area contributed by atoms with Gasteiger partial charge in [0.1, 0.15) is 4.60 Å². The summed E-state index contributed by atoms with van der Waals surface area (Å²) in [5, 5.41) is 6.20. The Morgan fingerprint density at radius 1 is 1.18 bits per heavy atom. The Kier molecular flexibility index (Phi) is 6.96. The number of aromatic nitrogens is 1. The molecular weight excluding hydrogens is 432 g/mol. The van der Waals surface area contributed by atoms with Crippen molar-refractivity contribution >= 4 is 33.3 Å². The Balaban J connectivity index is 1.66. The Morgan fingerprint density at radius 3 is 2.61 bits per heavy atom. The van der Waals surface area contributed by atoms with E-state index in [1.807, 2.05) is 6.07 Å². The van der Waals surface area contributed by atoms with Crippen molar-refractivity contribution < 1.29 is 18.3 Å². The number of nitrogens with one attached hydrogen (secondary N) is 2. The minimum atomic E-state index is -0.972. The van der Waals surface area contributed by atoms with Crippen LogP contribution in [0.3, 0.4) is 0 Å². The highest BCUT2D eigenvalue weighted by Gasteiger charge is 2.22. The number of nitrogens with zero attached hydrogens (tertiary/aromatic N) is 1. The number of hydrogen-bond donors (Lipinski definition) is 2. The van der Waals surface area contributed by atoms with E-state index in [2.05, 4.69) is 31.5 Å². The highest BCUT2D eigenvalue weighted by atomic mass is 79.9. The first kappa shape index (κ1) is 20.7. The second kappa shape index (κ2) is 9.43. The van der Waals surface area contributed by atoms with Gasteiger partial charge in [-0.2, -0.15) is 0 Å². The fourth-order valence-corrected chi connectivity index (χ4v) is 3.63. The first-order chi connectivity index (χ1) is 13.4. The molecule has 5 nitrogen and oxygen atoms in total. The van der Waals surface area contributed by atoms with Crippen molar-refractivity contribution in [3.63, 3.8) is 0 Å². The van der Waals surface area contributed by atoms with Gasteiger partial charge in [-0.3, -0.25) is 4.79 Å². The molecule has 2 aromatic rings. The molecule has 1 aromatic heterocycles. The SMILES string of the molecule is COC1CCC(Nc2ccc(Br)nc2NC(=O)Cc2ccc(F)c(F)c2)CC1. The average molecular weight is 454 g/mol. The van der Waals surface area contributed by atoms with E-state index in [4.69, 9.17) is 4.74 Å². The molecule has 3 rings (SSSR count). The number of amides is 1. The smallest absolute Gasteiger partial charge is 0.230 e. The highest BCUT2D eigenvalue weighted by molar-refractivity contribution is 9.10. The van der Waals surface area contributed by atoms with Gasteiger partial charge in [0.2, 0.25) is 5.91 Å². The summed E-state index contributed by atoms with van der Waals surface area (Å²) >= 11 is 3.32. The monoisotopic (exact) mass is 453 g/mol. The Bertz CT molecular complexity index is 842. The molecule has 1 heterocycles. The van der Waals surface area contributed by atoms with E-state index in [0.29, 0.717) is 22.1 Å². The second-order valence-corrected chi connectivity index (χ2v) is 7.67. The van der Waals surface area contributed by atoms with Crippen LogP contribution in [0.2, 0.25) is 0 Å². The third-order valence-electron chi connectivity index (χ3n) is 4.83. The first-order valence-corrected chi connectivity index (χ1v) is 9.93. The molecule has 1 fully saturated rings. The summed E-state index contributed by atoms with van der Waals surface area (Å²) in [6.45, 7) is 0. The van der Waals surface area contributed by atoms with Crippen LogP contribution >= 0.6 is 15.9 Å². The van der Waals surface area contributed by atoms with Crippen LogP contribution in [0.4, 0.5) is 20.3 Å². The molecule has 0 aliphatic heterocycles. The Hall–Kier alpha value is -2.06. The summed E-state index contributed by atoms with van der Waals surface area (Å²) in [6.07, 6.45) is 4.12. The number of carbonyl (C=O) groups excluding carboxylic acids is 1. The zero-order valence-corrected chi connectivity index (χ0v) is 17.1. The van der Waals surface area contributed by atoms with Gasteiger partial charge in [0, 0.05) is 13.2 Å². The minimum Gasteiger partial charge on any atom is -0.381 e. The topological polar surface area (TPSA) is 63.2 Å². The molecule has 8 heteroatoms. The quantitative estimate of drug-likeness (QED) is 0.623.